The predicted molar refractivity (Wildman–Crippen MR) is 148 cm³/mol. The van der Waals surface area contributed by atoms with Gasteiger partial charge in [0.15, 0.2) is 5.17 Å². The highest BCUT2D eigenvalue weighted by Gasteiger charge is 2.20. The average molecular weight is 490 g/mol. The largest absolute Gasteiger partial charge is 0.385 e. The van der Waals surface area contributed by atoms with E-state index >= 15 is 0 Å². The van der Waals surface area contributed by atoms with Gasteiger partial charge in [-0.25, -0.2) is 15.0 Å². The maximum Gasteiger partial charge on any atom is 0.207 e. The van der Waals surface area contributed by atoms with Crippen molar-refractivity contribution in [2.75, 3.05) is 56.2 Å². The molecule has 0 radical (unpaired) electrons. The van der Waals surface area contributed by atoms with Gasteiger partial charge in [0.1, 0.15) is 12.1 Å². The molecule has 35 heavy (non-hydrogen) atoms. The smallest absolute Gasteiger partial charge is 0.207 e. The van der Waals surface area contributed by atoms with Crippen molar-refractivity contribution < 1.29 is 0 Å². The third-order valence-corrected chi connectivity index (χ3v) is 7.01. The maximum absolute atomic E-state index is 4.65. The Morgan fingerprint density at radius 2 is 1.97 bits per heavy atom. The first-order valence-corrected chi connectivity index (χ1v) is 12.8. The highest BCUT2D eigenvalue weighted by Crippen LogP contribution is 2.26. The minimum Gasteiger partial charge on any atom is -0.385 e. The van der Waals surface area contributed by atoms with Crippen molar-refractivity contribution in [2.45, 2.75) is 18.1 Å². The lowest BCUT2D eigenvalue weighted by molar-refractivity contribution is 0.405. The summed E-state index contributed by atoms with van der Waals surface area (Å²) in [6, 6.07) is 14.3. The molecule has 0 fully saturated rings. The fourth-order valence-electron chi connectivity index (χ4n) is 4.04. The van der Waals surface area contributed by atoms with Gasteiger partial charge in [-0.3, -0.25) is 4.99 Å². The second-order valence-electron chi connectivity index (χ2n) is 8.87. The van der Waals surface area contributed by atoms with Gasteiger partial charge in [-0.2, -0.15) is 0 Å². The molecule has 3 heterocycles. The van der Waals surface area contributed by atoms with E-state index in [1.54, 1.807) is 18.1 Å². The third-order valence-electron chi connectivity index (χ3n) is 5.84. The third kappa shape index (κ3) is 6.01. The summed E-state index contributed by atoms with van der Waals surface area (Å²) in [5, 5.41) is 12.7. The van der Waals surface area contributed by atoms with Crippen LogP contribution in [-0.2, 0) is 0 Å². The number of hydrogen-bond donors (Lipinski definition) is 4. The summed E-state index contributed by atoms with van der Waals surface area (Å²) < 4.78 is 0. The summed E-state index contributed by atoms with van der Waals surface area (Å²) in [7, 11) is 4.19. The van der Waals surface area contributed by atoms with Crippen LogP contribution in [0.25, 0.3) is 21.9 Å². The van der Waals surface area contributed by atoms with E-state index in [9.17, 15) is 0 Å². The van der Waals surface area contributed by atoms with Gasteiger partial charge in [-0.05, 0) is 63.8 Å². The Morgan fingerprint density at radius 3 is 2.86 bits per heavy atom. The van der Waals surface area contributed by atoms with Gasteiger partial charge in [-0.1, -0.05) is 23.9 Å². The Hall–Kier alpha value is -3.37. The van der Waals surface area contributed by atoms with Crippen LogP contribution < -0.4 is 16.0 Å². The van der Waals surface area contributed by atoms with Crippen molar-refractivity contribution in [3.63, 3.8) is 0 Å². The number of fused-ring (bicyclic) bond motifs is 2. The Balaban J connectivity index is 1.10. The Bertz CT molecular complexity index is 1280. The van der Waals surface area contributed by atoms with Crippen LogP contribution >= 0.6 is 11.8 Å². The van der Waals surface area contributed by atoms with Crippen LogP contribution in [0.2, 0.25) is 0 Å². The van der Waals surface area contributed by atoms with Gasteiger partial charge in [0, 0.05) is 29.4 Å². The Morgan fingerprint density at radius 1 is 1.06 bits per heavy atom. The molecule has 1 atom stereocenters. The first-order chi connectivity index (χ1) is 17.1. The molecular formula is C25H31N9S. The van der Waals surface area contributed by atoms with E-state index in [4.69, 9.17) is 0 Å². The standard InChI is InChI=1S/C25H31N9S/c1-34(2)13-5-11-26-17-8-9-19-22(14-17)29-16-30-23(19)27-12-10-18-15-28-25(35-18)33-24-31-20-6-3-4-7-21(20)32-24/h3-4,6-9,14,16,18,26H,5,10-13,15H2,1-2H3,(H,27,29,30)(H2,28,31,32,33). The molecule has 0 bridgehead atoms. The summed E-state index contributed by atoms with van der Waals surface area (Å²) in [4.78, 5) is 23.7. The molecule has 4 N–H and O–H groups in total. The van der Waals surface area contributed by atoms with E-state index in [2.05, 4.69) is 78.1 Å². The number of aromatic nitrogens is 4. The number of H-pyrrole nitrogens is 1. The zero-order valence-corrected chi connectivity index (χ0v) is 20.9. The maximum atomic E-state index is 4.65. The second-order valence-corrected chi connectivity index (χ2v) is 10.2. The minimum absolute atomic E-state index is 0.417. The van der Waals surface area contributed by atoms with Crippen LogP contribution in [0.15, 0.2) is 53.8 Å². The number of benzene rings is 2. The van der Waals surface area contributed by atoms with Gasteiger partial charge in [0.25, 0.3) is 0 Å². The minimum atomic E-state index is 0.417. The monoisotopic (exact) mass is 489 g/mol. The summed E-state index contributed by atoms with van der Waals surface area (Å²) in [6.45, 7) is 3.62. The molecule has 5 rings (SSSR count). The number of aromatic amines is 1. The molecular weight excluding hydrogens is 458 g/mol. The molecule has 2 aromatic carbocycles. The summed E-state index contributed by atoms with van der Waals surface area (Å²) in [5.41, 5.74) is 3.99. The number of anilines is 3. The van der Waals surface area contributed by atoms with Crippen molar-refractivity contribution in [1.29, 1.82) is 0 Å². The van der Waals surface area contributed by atoms with Crippen molar-refractivity contribution in [2.24, 2.45) is 4.99 Å². The molecule has 10 heteroatoms. The fourth-order valence-corrected chi connectivity index (χ4v) is 5.04. The van der Waals surface area contributed by atoms with E-state index in [1.165, 1.54) is 0 Å². The van der Waals surface area contributed by atoms with Crippen LogP contribution in [0.4, 0.5) is 17.5 Å². The summed E-state index contributed by atoms with van der Waals surface area (Å²) in [6.07, 6.45) is 3.71. The number of nitrogens with zero attached hydrogens (tertiary/aromatic N) is 5. The second kappa shape index (κ2) is 10.9. The van der Waals surface area contributed by atoms with Crippen LogP contribution in [0.5, 0.6) is 0 Å². The van der Waals surface area contributed by atoms with Gasteiger partial charge in [0.2, 0.25) is 5.95 Å². The zero-order chi connectivity index (χ0) is 24.0. The van der Waals surface area contributed by atoms with Crippen molar-refractivity contribution >= 4 is 56.3 Å². The molecule has 1 aliphatic heterocycles. The summed E-state index contributed by atoms with van der Waals surface area (Å²) in [5.74, 6) is 1.61. The average Bonchev–Trinajstić information content (AvgIpc) is 3.48. The lowest BCUT2D eigenvalue weighted by atomic mass is 10.2. The molecule has 182 valence electrons. The van der Waals surface area contributed by atoms with Crippen molar-refractivity contribution in [3.8, 4) is 0 Å². The predicted octanol–water partition coefficient (Wildman–Crippen LogP) is 4.26. The van der Waals surface area contributed by atoms with Gasteiger partial charge >= 0.3 is 0 Å². The molecule has 0 spiro atoms. The number of rotatable bonds is 10. The van der Waals surface area contributed by atoms with E-state index in [0.29, 0.717) is 5.25 Å². The lowest BCUT2D eigenvalue weighted by Crippen LogP contribution is -2.16. The van der Waals surface area contributed by atoms with Crippen LogP contribution in [0.3, 0.4) is 0 Å². The first kappa shape index (κ1) is 23.4. The van der Waals surface area contributed by atoms with E-state index in [-0.39, 0.29) is 0 Å². The molecule has 2 aromatic heterocycles. The number of hydrogen-bond acceptors (Lipinski definition) is 9. The van der Waals surface area contributed by atoms with E-state index < -0.39 is 0 Å². The zero-order valence-electron chi connectivity index (χ0n) is 20.1. The Kier molecular flexibility index (Phi) is 7.29. The highest BCUT2D eigenvalue weighted by molar-refractivity contribution is 8.15. The van der Waals surface area contributed by atoms with Crippen LogP contribution in [0, 0.1) is 0 Å². The molecule has 9 nitrogen and oxygen atoms in total. The van der Waals surface area contributed by atoms with Gasteiger partial charge in [-0.15, -0.1) is 0 Å². The fraction of sp³-hybridized carbons (Fsp3) is 0.360. The molecule has 0 amide bonds. The van der Waals surface area contributed by atoms with Gasteiger partial charge in [0.05, 0.1) is 23.1 Å². The summed E-state index contributed by atoms with van der Waals surface area (Å²) >= 11 is 1.76. The van der Waals surface area contributed by atoms with Crippen LogP contribution in [0.1, 0.15) is 12.8 Å². The van der Waals surface area contributed by atoms with Crippen molar-refractivity contribution in [3.05, 3.63) is 48.8 Å². The molecule has 0 saturated carbocycles. The highest BCUT2D eigenvalue weighted by atomic mass is 32.2. The molecule has 1 aliphatic rings. The Labute approximate surface area is 209 Å². The number of thioether (sulfide) groups is 1. The van der Waals surface area contributed by atoms with Crippen molar-refractivity contribution in [1.82, 2.24) is 24.8 Å². The lowest BCUT2D eigenvalue weighted by Gasteiger charge is -2.13. The molecule has 0 saturated heterocycles. The first-order valence-electron chi connectivity index (χ1n) is 11.9. The SMILES string of the molecule is CN(C)CCCNc1ccc2c(NCCC3CN=C(Nc4nc5ccccc5[nH]4)S3)ncnc2c1. The quantitative estimate of drug-likeness (QED) is 0.245. The van der Waals surface area contributed by atoms with Crippen LogP contribution in [-0.4, -0.2) is 75.5 Å². The number of aliphatic imine (C=N–C) groups is 1. The molecule has 0 aliphatic carbocycles. The number of imidazole rings is 1. The van der Waals surface area contributed by atoms with E-state index in [0.717, 1.165) is 83.6 Å². The van der Waals surface area contributed by atoms with E-state index in [1.807, 2.05) is 24.3 Å². The number of amidine groups is 1. The molecule has 4 aromatic rings. The van der Waals surface area contributed by atoms with Gasteiger partial charge < -0.3 is 25.8 Å². The normalized spacial score (nSPS) is 15.6. The number of para-hydroxylation sites is 2. The molecule has 1 unspecified atom stereocenters. The topological polar surface area (TPSA) is 106 Å². The number of nitrogens with one attached hydrogen (secondary N) is 4.